The number of hydrogen-bond donors (Lipinski definition) is 0. The third kappa shape index (κ3) is 5.67. The first-order valence-electron chi connectivity index (χ1n) is 11.0. The summed E-state index contributed by atoms with van der Waals surface area (Å²) in [7, 11) is 0. The first-order chi connectivity index (χ1) is 14.9. The Morgan fingerprint density at radius 3 is 1.87 bits per heavy atom. The minimum atomic E-state index is 1.02. The number of hydrogen-bond acceptors (Lipinski definition) is 1. The minimum absolute atomic E-state index is 1.02. The summed E-state index contributed by atoms with van der Waals surface area (Å²) in [4.78, 5) is 4.49. The zero-order valence-electron chi connectivity index (χ0n) is 17.5. The van der Waals surface area contributed by atoms with Crippen LogP contribution in [0.5, 0.6) is 0 Å². The molecule has 3 aromatic carbocycles. The smallest absolute Gasteiger partial charge is 0.0702 e. The van der Waals surface area contributed by atoms with Crippen molar-refractivity contribution in [2.24, 2.45) is 0 Å². The van der Waals surface area contributed by atoms with E-state index in [9.17, 15) is 0 Å². The maximum absolute atomic E-state index is 4.49. The van der Waals surface area contributed by atoms with Crippen molar-refractivity contribution >= 4 is 0 Å². The van der Waals surface area contributed by atoms with E-state index >= 15 is 0 Å². The molecule has 0 aliphatic carbocycles. The van der Waals surface area contributed by atoms with Gasteiger partial charge in [0.05, 0.1) is 5.69 Å². The van der Waals surface area contributed by atoms with Crippen LogP contribution in [-0.2, 0) is 12.8 Å². The lowest BCUT2D eigenvalue weighted by atomic mass is 9.97. The minimum Gasteiger partial charge on any atom is -0.256 e. The quantitative estimate of drug-likeness (QED) is 0.266. The van der Waals surface area contributed by atoms with Gasteiger partial charge in [0.1, 0.15) is 0 Å². The standard InChI is InChI=1S/C29H29N/c1(4-12-24-13-6-3-7-14-24)2-5-15-25-16-10-17-26(22-25)27-18-11-19-28(23-27)29-20-8-9-21-30-29/h3,6-11,13-14,16-23H,1-2,4-5,12,15H2. The van der Waals surface area contributed by atoms with Gasteiger partial charge in [0, 0.05) is 11.8 Å². The molecule has 0 aliphatic rings. The van der Waals surface area contributed by atoms with Crippen LogP contribution < -0.4 is 0 Å². The normalized spacial score (nSPS) is 10.8. The van der Waals surface area contributed by atoms with Gasteiger partial charge in [-0.05, 0) is 66.1 Å². The average molecular weight is 392 g/mol. The molecule has 0 saturated carbocycles. The topological polar surface area (TPSA) is 12.9 Å². The van der Waals surface area contributed by atoms with E-state index in [4.69, 9.17) is 0 Å². The zero-order chi connectivity index (χ0) is 20.4. The van der Waals surface area contributed by atoms with Gasteiger partial charge in [0.2, 0.25) is 0 Å². The van der Waals surface area contributed by atoms with Crippen LogP contribution in [0.25, 0.3) is 22.4 Å². The lowest BCUT2D eigenvalue weighted by Crippen LogP contribution is -1.89. The molecule has 150 valence electrons. The summed E-state index contributed by atoms with van der Waals surface area (Å²) in [5.41, 5.74) is 7.61. The zero-order valence-corrected chi connectivity index (χ0v) is 17.5. The van der Waals surface area contributed by atoms with E-state index < -0.39 is 0 Å². The molecule has 0 amide bonds. The van der Waals surface area contributed by atoms with Crippen LogP contribution in [0.1, 0.15) is 36.8 Å². The molecular formula is C29H29N. The molecule has 4 aromatic rings. The van der Waals surface area contributed by atoms with Crippen molar-refractivity contribution in [3.63, 3.8) is 0 Å². The van der Waals surface area contributed by atoms with Gasteiger partial charge in [-0.2, -0.15) is 0 Å². The van der Waals surface area contributed by atoms with E-state index in [1.165, 1.54) is 54.4 Å². The van der Waals surface area contributed by atoms with Gasteiger partial charge >= 0.3 is 0 Å². The number of aryl methyl sites for hydroxylation is 2. The first-order valence-corrected chi connectivity index (χ1v) is 11.0. The Labute approximate surface area is 180 Å². The first kappa shape index (κ1) is 20.1. The predicted molar refractivity (Wildman–Crippen MR) is 127 cm³/mol. The molecule has 30 heavy (non-hydrogen) atoms. The van der Waals surface area contributed by atoms with Gasteiger partial charge in [0.25, 0.3) is 0 Å². The van der Waals surface area contributed by atoms with Crippen molar-refractivity contribution in [2.75, 3.05) is 0 Å². The maximum atomic E-state index is 4.49. The van der Waals surface area contributed by atoms with Gasteiger partial charge in [0.15, 0.2) is 0 Å². The largest absolute Gasteiger partial charge is 0.256 e. The second-order valence-corrected chi connectivity index (χ2v) is 7.90. The van der Waals surface area contributed by atoms with E-state index in [-0.39, 0.29) is 0 Å². The fourth-order valence-corrected chi connectivity index (χ4v) is 3.95. The summed E-state index contributed by atoms with van der Waals surface area (Å²) in [6, 6.07) is 34.6. The van der Waals surface area contributed by atoms with Gasteiger partial charge in [-0.1, -0.05) is 91.7 Å². The van der Waals surface area contributed by atoms with Gasteiger partial charge in [-0.3, -0.25) is 4.98 Å². The summed E-state index contributed by atoms with van der Waals surface area (Å²) in [6.07, 6.45) is 9.34. The highest BCUT2D eigenvalue weighted by molar-refractivity contribution is 5.71. The molecule has 1 nitrogen and oxygen atoms in total. The second kappa shape index (κ2) is 10.5. The number of pyridine rings is 1. The molecule has 0 fully saturated rings. The molecule has 0 bridgehead atoms. The molecule has 0 saturated heterocycles. The van der Waals surface area contributed by atoms with Crippen molar-refractivity contribution < 1.29 is 0 Å². The Hall–Kier alpha value is -3.19. The van der Waals surface area contributed by atoms with Gasteiger partial charge in [-0.15, -0.1) is 0 Å². The Bertz CT molecular complexity index is 1040. The fraction of sp³-hybridized carbons (Fsp3) is 0.207. The number of nitrogens with zero attached hydrogens (tertiary/aromatic N) is 1. The third-order valence-electron chi connectivity index (χ3n) is 5.61. The number of rotatable bonds is 9. The molecule has 0 N–H and O–H groups in total. The van der Waals surface area contributed by atoms with Crippen molar-refractivity contribution in [3.05, 3.63) is 114 Å². The van der Waals surface area contributed by atoms with Crippen LogP contribution in [0.2, 0.25) is 0 Å². The number of benzene rings is 3. The van der Waals surface area contributed by atoms with Crippen molar-refractivity contribution in [2.45, 2.75) is 38.5 Å². The molecule has 0 spiro atoms. The number of unbranched alkanes of at least 4 members (excludes halogenated alkanes) is 3. The average Bonchev–Trinajstić information content (AvgIpc) is 2.83. The Morgan fingerprint density at radius 2 is 1.10 bits per heavy atom. The molecule has 0 unspecified atom stereocenters. The lowest BCUT2D eigenvalue weighted by Gasteiger charge is -2.08. The van der Waals surface area contributed by atoms with Gasteiger partial charge < -0.3 is 0 Å². The van der Waals surface area contributed by atoms with E-state index in [0.717, 1.165) is 17.7 Å². The van der Waals surface area contributed by atoms with Crippen molar-refractivity contribution in [1.82, 2.24) is 4.98 Å². The third-order valence-corrected chi connectivity index (χ3v) is 5.61. The van der Waals surface area contributed by atoms with E-state index in [0.29, 0.717) is 0 Å². The Balaban J connectivity index is 1.31. The fourth-order valence-electron chi connectivity index (χ4n) is 3.95. The van der Waals surface area contributed by atoms with Crippen LogP contribution >= 0.6 is 0 Å². The van der Waals surface area contributed by atoms with Crippen molar-refractivity contribution in [3.8, 4) is 22.4 Å². The molecular weight excluding hydrogens is 362 g/mol. The summed E-state index contributed by atoms with van der Waals surface area (Å²) < 4.78 is 0. The van der Waals surface area contributed by atoms with Crippen LogP contribution in [0, 0.1) is 0 Å². The molecule has 4 rings (SSSR count). The number of aromatic nitrogens is 1. The lowest BCUT2D eigenvalue weighted by molar-refractivity contribution is 0.640. The highest BCUT2D eigenvalue weighted by Gasteiger charge is 2.04. The predicted octanol–water partition coefficient (Wildman–Crippen LogP) is 7.76. The van der Waals surface area contributed by atoms with Gasteiger partial charge in [-0.25, -0.2) is 0 Å². The molecule has 1 heteroatoms. The Kier molecular flexibility index (Phi) is 7.07. The van der Waals surface area contributed by atoms with E-state index in [2.05, 4.69) is 89.9 Å². The Morgan fingerprint density at radius 1 is 0.467 bits per heavy atom. The second-order valence-electron chi connectivity index (χ2n) is 7.90. The van der Waals surface area contributed by atoms with Crippen LogP contribution in [0.4, 0.5) is 0 Å². The van der Waals surface area contributed by atoms with Crippen molar-refractivity contribution in [1.29, 1.82) is 0 Å². The maximum Gasteiger partial charge on any atom is 0.0702 e. The van der Waals surface area contributed by atoms with Crippen LogP contribution in [-0.4, -0.2) is 4.98 Å². The van der Waals surface area contributed by atoms with Crippen LogP contribution in [0.15, 0.2) is 103 Å². The van der Waals surface area contributed by atoms with E-state index in [1.54, 1.807) is 0 Å². The molecule has 0 radical (unpaired) electrons. The SMILES string of the molecule is c1ccc(CCCCCCc2cccc(-c3cccc(-c4ccccn4)c3)c2)cc1. The van der Waals surface area contributed by atoms with E-state index in [1.807, 2.05) is 18.3 Å². The summed E-state index contributed by atoms with van der Waals surface area (Å²) in [5.74, 6) is 0. The molecule has 1 heterocycles. The highest BCUT2D eigenvalue weighted by atomic mass is 14.7. The summed E-state index contributed by atoms with van der Waals surface area (Å²) >= 11 is 0. The monoisotopic (exact) mass is 391 g/mol. The van der Waals surface area contributed by atoms with Crippen LogP contribution in [0.3, 0.4) is 0 Å². The summed E-state index contributed by atoms with van der Waals surface area (Å²) in [6.45, 7) is 0. The molecule has 1 aromatic heterocycles. The molecule has 0 atom stereocenters. The molecule has 0 aliphatic heterocycles. The highest BCUT2D eigenvalue weighted by Crippen LogP contribution is 2.26. The summed E-state index contributed by atoms with van der Waals surface area (Å²) in [5, 5.41) is 0.